The molecule has 3 aromatic heterocycles. The highest BCUT2D eigenvalue weighted by molar-refractivity contribution is 7.22. The Bertz CT molecular complexity index is 870. The largest absolute Gasteiger partial charge is 0.433 e. The lowest BCUT2D eigenvalue weighted by Crippen LogP contribution is -2.46. The Labute approximate surface area is 152 Å². The summed E-state index contributed by atoms with van der Waals surface area (Å²) in [7, 11) is 0. The molecule has 3 aromatic rings. The summed E-state index contributed by atoms with van der Waals surface area (Å²) in [5.41, 5.74) is 0.306. The molecule has 26 heavy (non-hydrogen) atoms. The number of rotatable bonds is 3. The third kappa shape index (κ3) is 3.49. The van der Waals surface area contributed by atoms with Crippen LogP contribution in [0.1, 0.15) is 11.3 Å². The summed E-state index contributed by atoms with van der Waals surface area (Å²) in [5.74, 6) is 0. The molecular formula is C17H16F3N5S. The summed E-state index contributed by atoms with van der Waals surface area (Å²) in [4.78, 5) is 16.4. The maximum absolute atomic E-state index is 13.1. The number of pyridine rings is 2. The van der Waals surface area contributed by atoms with Crippen LogP contribution in [0.5, 0.6) is 0 Å². The molecule has 0 amide bonds. The lowest BCUT2D eigenvalue weighted by atomic mass is 10.1. The van der Waals surface area contributed by atoms with Gasteiger partial charge in [0.25, 0.3) is 0 Å². The van der Waals surface area contributed by atoms with Gasteiger partial charge in [-0.3, -0.25) is 14.9 Å². The Kier molecular flexibility index (Phi) is 4.49. The summed E-state index contributed by atoms with van der Waals surface area (Å²) in [6.07, 6.45) is 0.251. The molecule has 0 aromatic carbocycles. The van der Waals surface area contributed by atoms with Crippen molar-refractivity contribution in [1.82, 2.24) is 19.9 Å². The average Bonchev–Trinajstić information content (AvgIpc) is 3.06. The predicted molar refractivity (Wildman–Crippen MR) is 94.1 cm³/mol. The first kappa shape index (κ1) is 17.2. The Hall–Kier alpha value is -2.26. The molecular weight excluding hydrogens is 363 g/mol. The topological polar surface area (TPSA) is 45.2 Å². The van der Waals surface area contributed by atoms with Crippen molar-refractivity contribution >= 4 is 26.7 Å². The number of halogens is 3. The quantitative estimate of drug-likeness (QED) is 0.698. The summed E-state index contributed by atoms with van der Waals surface area (Å²) in [5, 5.41) is 0.935. The Morgan fingerprint density at radius 3 is 2.62 bits per heavy atom. The molecule has 1 aliphatic rings. The van der Waals surface area contributed by atoms with Crippen molar-refractivity contribution < 1.29 is 13.2 Å². The minimum Gasteiger partial charge on any atom is -0.345 e. The van der Waals surface area contributed by atoms with Crippen LogP contribution in [-0.2, 0) is 12.7 Å². The number of aromatic nitrogens is 3. The van der Waals surface area contributed by atoms with E-state index in [-0.39, 0.29) is 12.1 Å². The third-order valence-electron chi connectivity index (χ3n) is 4.38. The van der Waals surface area contributed by atoms with Crippen molar-refractivity contribution in [1.29, 1.82) is 0 Å². The van der Waals surface area contributed by atoms with Crippen LogP contribution in [0.4, 0.5) is 18.3 Å². The summed E-state index contributed by atoms with van der Waals surface area (Å²) >= 11 is 1.61. The summed E-state index contributed by atoms with van der Waals surface area (Å²) < 4.78 is 40.3. The highest BCUT2D eigenvalue weighted by Gasteiger charge is 2.35. The van der Waals surface area contributed by atoms with Gasteiger partial charge in [0.15, 0.2) is 5.13 Å². The molecule has 136 valence electrons. The summed E-state index contributed by atoms with van der Waals surface area (Å²) in [6, 6.07) is 4.99. The molecule has 0 unspecified atom stereocenters. The second-order valence-corrected chi connectivity index (χ2v) is 7.12. The fourth-order valence-electron chi connectivity index (χ4n) is 3.06. The predicted octanol–water partition coefficient (Wildman–Crippen LogP) is 3.43. The van der Waals surface area contributed by atoms with E-state index in [1.165, 1.54) is 12.3 Å². The van der Waals surface area contributed by atoms with Crippen LogP contribution in [-0.4, -0.2) is 46.0 Å². The second kappa shape index (κ2) is 6.81. The molecule has 0 aliphatic carbocycles. The van der Waals surface area contributed by atoms with Gasteiger partial charge >= 0.3 is 6.18 Å². The molecule has 5 nitrogen and oxygen atoms in total. The number of alkyl halides is 3. The van der Waals surface area contributed by atoms with Gasteiger partial charge in [-0.25, -0.2) is 4.98 Å². The Morgan fingerprint density at radius 2 is 1.88 bits per heavy atom. The highest BCUT2D eigenvalue weighted by Crippen LogP contribution is 2.31. The molecule has 0 saturated carbocycles. The van der Waals surface area contributed by atoms with Gasteiger partial charge in [-0.2, -0.15) is 13.2 Å². The number of nitrogens with zero attached hydrogens (tertiary/aromatic N) is 5. The van der Waals surface area contributed by atoms with E-state index in [9.17, 15) is 13.2 Å². The first-order chi connectivity index (χ1) is 12.5. The van der Waals surface area contributed by atoms with Gasteiger partial charge in [0.1, 0.15) is 11.2 Å². The van der Waals surface area contributed by atoms with Crippen molar-refractivity contribution in [2.24, 2.45) is 0 Å². The fourth-order valence-corrected chi connectivity index (χ4v) is 4.05. The molecule has 4 heterocycles. The van der Waals surface area contributed by atoms with Crippen LogP contribution in [0.25, 0.3) is 10.2 Å². The van der Waals surface area contributed by atoms with Gasteiger partial charge in [0, 0.05) is 45.1 Å². The van der Waals surface area contributed by atoms with E-state index < -0.39 is 11.9 Å². The van der Waals surface area contributed by atoms with Crippen molar-refractivity contribution in [2.75, 3.05) is 31.1 Å². The summed E-state index contributed by atoms with van der Waals surface area (Å²) in [6.45, 7) is 3.07. The van der Waals surface area contributed by atoms with Gasteiger partial charge in [0.05, 0.1) is 10.9 Å². The van der Waals surface area contributed by atoms with E-state index in [2.05, 4.69) is 19.9 Å². The van der Waals surface area contributed by atoms with Gasteiger partial charge in [-0.15, -0.1) is 0 Å². The Morgan fingerprint density at radius 1 is 1.08 bits per heavy atom. The van der Waals surface area contributed by atoms with E-state index in [1.54, 1.807) is 29.8 Å². The Balaban J connectivity index is 1.43. The minimum absolute atomic E-state index is 0.222. The second-order valence-electron chi connectivity index (χ2n) is 6.11. The van der Waals surface area contributed by atoms with Crippen molar-refractivity contribution in [2.45, 2.75) is 12.7 Å². The number of hydrogen-bond acceptors (Lipinski definition) is 6. The number of fused-ring (bicyclic) bond motifs is 1. The van der Waals surface area contributed by atoms with Crippen molar-refractivity contribution in [3.63, 3.8) is 0 Å². The van der Waals surface area contributed by atoms with Crippen molar-refractivity contribution in [3.05, 3.63) is 48.0 Å². The van der Waals surface area contributed by atoms with Crippen molar-refractivity contribution in [3.8, 4) is 0 Å². The lowest BCUT2D eigenvalue weighted by Gasteiger charge is -2.34. The van der Waals surface area contributed by atoms with Crippen LogP contribution in [0, 0.1) is 0 Å². The maximum Gasteiger partial charge on any atom is 0.433 e. The number of hydrogen-bond donors (Lipinski definition) is 0. The molecule has 9 heteroatoms. The third-order valence-corrected chi connectivity index (χ3v) is 5.47. The number of piperazine rings is 1. The standard InChI is InChI=1S/C17H16F3N5S/c18-17(19,20)15-12(2-1-4-22-15)11-24-6-8-25(9-7-24)16-23-13-10-21-5-3-14(13)26-16/h1-5,10H,6-9,11H2. The lowest BCUT2D eigenvalue weighted by molar-refractivity contribution is -0.142. The molecule has 0 bridgehead atoms. The zero-order valence-electron chi connectivity index (χ0n) is 13.8. The molecule has 4 rings (SSSR count). The average molecular weight is 379 g/mol. The van der Waals surface area contributed by atoms with Gasteiger partial charge in [-0.1, -0.05) is 17.4 Å². The molecule has 0 spiro atoms. The maximum atomic E-state index is 13.1. The van der Waals surface area contributed by atoms with Crippen LogP contribution in [0.3, 0.4) is 0 Å². The highest BCUT2D eigenvalue weighted by atomic mass is 32.1. The molecule has 0 radical (unpaired) electrons. The minimum atomic E-state index is -4.42. The smallest absolute Gasteiger partial charge is 0.345 e. The molecule has 0 N–H and O–H groups in total. The van der Waals surface area contributed by atoms with Crippen LogP contribution >= 0.6 is 11.3 Å². The van der Waals surface area contributed by atoms with E-state index in [0.29, 0.717) is 13.1 Å². The SMILES string of the molecule is FC(F)(F)c1ncccc1CN1CCN(c2nc3cnccc3s2)CC1. The van der Waals surface area contributed by atoms with E-state index in [4.69, 9.17) is 0 Å². The normalized spacial score (nSPS) is 16.3. The molecule has 1 fully saturated rings. The zero-order chi connectivity index (χ0) is 18.1. The first-order valence-corrected chi connectivity index (χ1v) is 9.01. The van der Waals surface area contributed by atoms with E-state index in [1.807, 2.05) is 11.0 Å². The number of thiazole rings is 1. The van der Waals surface area contributed by atoms with Crippen LogP contribution in [0.15, 0.2) is 36.8 Å². The van der Waals surface area contributed by atoms with E-state index >= 15 is 0 Å². The van der Waals surface area contributed by atoms with Gasteiger partial charge < -0.3 is 4.90 Å². The molecule has 1 saturated heterocycles. The van der Waals surface area contributed by atoms with Gasteiger partial charge in [-0.05, 0) is 17.7 Å². The van der Waals surface area contributed by atoms with Crippen LogP contribution in [0.2, 0.25) is 0 Å². The monoisotopic (exact) mass is 379 g/mol. The zero-order valence-corrected chi connectivity index (χ0v) is 14.6. The van der Waals surface area contributed by atoms with Gasteiger partial charge in [0.2, 0.25) is 0 Å². The first-order valence-electron chi connectivity index (χ1n) is 8.19. The molecule has 1 aliphatic heterocycles. The van der Waals surface area contributed by atoms with Crippen LogP contribution < -0.4 is 4.90 Å². The number of anilines is 1. The molecule has 0 atom stereocenters. The van der Waals surface area contributed by atoms with E-state index in [0.717, 1.165) is 28.4 Å². The fraction of sp³-hybridized carbons (Fsp3) is 0.353.